The van der Waals surface area contributed by atoms with Crippen LogP contribution in [-0.4, -0.2) is 9.55 Å². The van der Waals surface area contributed by atoms with E-state index >= 15 is 0 Å². The summed E-state index contributed by atoms with van der Waals surface area (Å²) < 4.78 is 7.95. The molecule has 2 N–H and O–H groups in total. The van der Waals surface area contributed by atoms with E-state index in [1.165, 1.54) is 0 Å². The monoisotopic (exact) mass is 335 g/mol. The number of aryl methyl sites for hydroxylation is 1. The molecular weight excluding hydrogens is 310 g/mol. The normalized spacial score (nSPS) is 11.0. The average molecular weight is 335 g/mol. The standard InChI is InChI=1S/C21H25N3O/c1-4-19-23-20(21(22)24(19)15(2)3)17-10-12-18(13-11-17)25-14-16-8-6-5-7-9-16/h5-13,15H,4,14,22H2,1-3H3. The second kappa shape index (κ2) is 7.43. The second-order valence-corrected chi connectivity index (χ2v) is 6.38. The highest BCUT2D eigenvalue weighted by Gasteiger charge is 2.17. The third kappa shape index (κ3) is 3.68. The number of imidazole rings is 1. The Bertz CT molecular complexity index is 820. The van der Waals surface area contributed by atoms with E-state index in [4.69, 9.17) is 15.5 Å². The minimum Gasteiger partial charge on any atom is -0.489 e. The van der Waals surface area contributed by atoms with Crippen molar-refractivity contribution < 1.29 is 4.74 Å². The fourth-order valence-electron chi connectivity index (χ4n) is 2.98. The van der Waals surface area contributed by atoms with Crippen LogP contribution in [-0.2, 0) is 13.0 Å². The summed E-state index contributed by atoms with van der Waals surface area (Å²) >= 11 is 0. The Morgan fingerprint density at radius 2 is 1.72 bits per heavy atom. The van der Waals surface area contributed by atoms with Crippen LogP contribution in [0.15, 0.2) is 54.6 Å². The Balaban J connectivity index is 1.78. The third-order valence-electron chi connectivity index (χ3n) is 4.23. The van der Waals surface area contributed by atoms with Gasteiger partial charge in [-0.15, -0.1) is 0 Å². The Labute approximate surface area is 149 Å². The van der Waals surface area contributed by atoms with Crippen molar-refractivity contribution >= 4 is 5.82 Å². The average Bonchev–Trinajstić information content (AvgIpc) is 2.98. The molecule has 0 radical (unpaired) electrons. The predicted octanol–water partition coefficient (Wildman–Crippen LogP) is 4.85. The van der Waals surface area contributed by atoms with E-state index in [1.807, 2.05) is 42.5 Å². The molecule has 4 heteroatoms. The Morgan fingerprint density at radius 3 is 2.28 bits per heavy atom. The van der Waals surface area contributed by atoms with E-state index in [-0.39, 0.29) is 0 Å². The van der Waals surface area contributed by atoms with Gasteiger partial charge in [-0.05, 0) is 43.7 Å². The van der Waals surface area contributed by atoms with Crippen molar-refractivity contribution in [2.24, 2.45) is 0 Å². The van der Waals surface area contributed by atoms with Crippen molar-refractivity contribution in [1.29, 1.82) is 0 Å². The van der Waals surface area contributed by atoms with Crippen molar-refractivity contribution in [3.8, 4) is 17.0 Å². The number of nitrogen functional groups attached to an aromatic ring is 1. The molecule has 0 unspecified atom stereocenters. The largest absolute Gasteiger partial charge is 0.489 e. The van der Waals surface area contributed by atoms with Gasteiger partial charge in [-0.25, -0.2) is 4.98 Å². The first-order valence-corrected chi connectivity index (χ1v) is 8.74. The van der Waals surface area contributed by atoms with Crippen LogP contribution in [0.5, 0.6) is 5.75 Å². The minimum atomic E-state index is 0.296. The second-order valence-electron chi connectivity index (χ2n) is 6.38. The summed E-state index contributed by atoms with van der Waals surface area (Å²) in [6.45, 7) is 6.91. The first-order chi connectivity index (χ1) is 12.1. The SMILES string of the molecule is CCc1nc(-c2ccc(OCc3ccccc3)cc2)c(N)n1C(C)C. The smallest absolute Gasteiger partial charge is 0.131 e. The molecule has 0 saturated heterocycles. The maximum atomic E-state index is 6.35. The van der Waals surface area contributed by atoms with Gasteiger partial charge in [-0.3, -0.25) is 0 Å². The Kier molecular flexibility index (Phi) is 5.08. The first kappa shape index (κ1) is 17.1. The van der Waals surface area contributed by atoms with Gasteiger partial charge in [-0.2, -0.15) is 0 Å². The summed E-state index contributed by atoms with van der Waals surface area (Å²) in [6.07, 6.45) is 0.862. The number of benzene rings is 2. The van der Waals surface area contributed by atoms with Crippen molar-refractivity contribution in [2.75, 3.05) is 5.73 Å². The summed E-state index contributed by atoms with van der Waals surface area (Å²) in [6, 6.07) is 18.4. The zero-order chi connectivity index (χ0) is 17.8. The lowest BCUT2D eigenvalue weighted by atomic mass is 10.1. The topological polar surface area (TPSA) is 53.1 Å². The molecule has 1 aromatic heterocycles. The molecule has 0 atom stereocenters. The molecule has 0 amide bonds. The maximum absolute atomic E-state index is 6.35. The van der Waals surface area contributed by atoms with Crippen LogP contribution in [0, 0.1) is 0 Å². The number of aromatic nitrogens is 2. The van der Waals surface area contributed by atoms with Gasteiger partial charge in [-0.1, -0.05) is 37.3 Å². The molecule has 130 valence electrons. The summed E-state index contributed by atoms with van der Waals surface area (Å²) in [5.74, 6) is 2.59. The number of anilines is 1. The van der Waals surface area contributed by atoms with Gasteiger partial charge in [0, 0.05) is 18.0 Å². The summed E-state index contributed by atoms with van der Waals surface area (Å²) in [5.41, 5.74) is 9.37. The highest BCUT2D eigenvalue weighted by atomic mass is 16.5. The van der Waals surface area contributed by atoms with Crippen molar-refractivity contribution in [2.45, 2.75) is 39.8 Å². The Hall–Kier alpha value is -2.75. The molecule has 0 aliphatic carbocycles. The van der Waals surface area contributed by atoms with Crippen molar-refractivity contribution in [1.82, 2.24) is 9.55 Å². The lowest BCUT2D eigenvalue weighted by Crippen LogP contribution is -2.08. The van der Waals surface area contributed by atoms with E-state index in [0.29, 0.717) is 12.6 Å². The van der Waals surface area contributed by atoms with Gasteiger partial charge in [0.15, 0.2) is 0 Å². The fourth-order valence-corrected chi connectivity index (χ4v) is 2.98. The summed E-state index contributed by atoms with van der Waals surface area (Å²) in [5, 5.41) is 0. The third-order valence-corrected chi connectivity index (χ3v) is 4.23. The summed E-state index contributed by atoms with van der Waals surface area (Å²) in [4.78, 5) is 4.74. The van der Waals surface area contributed by atoms with Crippen molar-refractivity contribution in [3.63, 3.8) is 0 Å². The molecule has 3 rings (SSSR count). The van der Waals surface area contributed by atoms with Gasteiger partial charge in [0.25, 0.3) is 0 Å². The number of nitrogens with zero attached hydrogens (tertiary/aromatic N) is 2. The zero-order valence-electron chi connectivity index (χ0n) is 15.1. The molecule has 0 aliphatic heterocycles. The first-order valence-electron chi connectivity index (χ1n) is 8.74. The molecule has 3 aromatic rings. The van der Waals surface area contributed by atoms with Gasteiger partial charge >= 0.3 is 0 Å². The predicted molar refractivity (Wildman–Crippen MR) is 103 cm³/mol. The number of hydrogen-bond donors (Lipinski definition) is 1. The highest BCUT2D eigenvalue weighted by molar-refractivity contribution is 5.71. The van der Waals surface area contributed by atoms with Gasteiger partial charge in [0.2, 0.25) is 0 Å². The molecule has 25 heavy (non-hydrogen) atoms. The number of hydrogen-bond acceptors (Lipinski definition) is 3. The van der Waals surface area contributed by atoms with Gasteiger partial charge in [0.05, 0.1) is 0 Å². The van der Waals surface area contributed by atoms with Crippen LogP contribution < -0.4 is 10.5 Å². The van der Waals surface area contributed by atoms with Crippen LogP contribution in [0.4, 0.5) is 5.82 Å². The summed E-state index contributed by atoms with van der Waals surface area (Å²) in [7, 11) is 0. The fraction of sp³-hybridized carbons (Fsp3) is 0.286. The lowest BCUT2D eigenvalue weighted by molar-refractivity contribution is 0.306. The van der Waals surface area contributed by atoms with Crippen LogP contribution in [0.25, 0.3) is 11.3 Å². The molecule has 0 aliphatic rings. The van der Waals surface area contributed by atoms with Gasteiger partial charge < -0.3 is 15.0 Å². The van der Waals surface area contributed by atoms with Crippen LogP contribution in [0.2, 0.25) is 0 Å². The highest BCUT2D eigenvalue weighted by Crippen LogP contribution is 2.30. The molecule has 0 bridgehead atoms. The van der Waals surface area contributed by atoms with Crippen LogP contribution >= 0.6 is 0 Å². The molecule has 4 nitrogen and oxygen atoms in total. The number of ether oxygens (including phenoxy) is 1. The van der Waals surface area contributed by atoms with Gasteiger partial charge in [0.1, 0.15) is 29.7 Å². The molecular formula is C21H25N3O. The van der Waals surface area contributed by atoms with E-state index in [0.717, 1.165) is 40.6 Å². The zero-order valence-corrected chi connectivity index (χ0v) is 15.1. The number of nitrogens with two attached hydrogens (primary N) is 1. The lowest BCUT2D eigenvalue weighted by Gasteiger charge is -2.12. The molecule has 0 saturated carbocycles. The van der Waals surface area contributed by atoms with E-state index in [1.54, 1.807) is 0 Å². The number of rotatable bonds is 6. The Morgan fingerprint density at radius 1 is 1.04 bits per heavy atom. The minimum absolute atomic E-state index is 0.296. The van der Waals surface area contributed by atoms with E-state index < -0.39 is 0 Å². The van der Waals surface area contributed by atoms with Crippen LogP contribution in [0.3, 0.4) is 0 Å². The molecule has 2 aromatic carbocycles. The van der Waals surface area contributed by atoms with Crippen LogP contribution in [0.1, 0.15) is 38.2 Å². The quantitative estimate of drug-likeness (QED) is 0.700. The van der Waals surface area contributed by atoms with E-state index in [9.17, 15) is 0 Å². The van der Waals surface area contributed by atoms with Crippen molar-refractivity contribution in [3.05, 3.63) is 66.0 Å². The molecule has 0 fully saturated rings. The molecule has 0 spiro atoms. The maximum Gasteiger partial charge on any atom is 0.131 e. The van der Waals surface area contributed by atoms with E-state index in [2.05, 4.69) is 37.5 Å². The molecule has 1 heterocycles.